The highest BCUT2D eigenvalue weighted by Crippen LogP contribution is 2.22. The minimum atomic E-state index is -3.74. The first-order chi connectivity index (χ1) is 10.1. The number of hydrogen-bond acceptors (Lipinski definition) is 4. The molecule has 3 aromatic rings. The number of aromatic nitrogens is 4. The van der Waals surface area contributed by atoms with E-state index in [1.54, 1.807) is 36.9 Å². The van der Waals surface area contributed by atoms with E-state index in [-0.39, 0.29) is 16.7 Å². The third-order valence-electron chi connectivity index (χ3n) is 2.94. The number of imidazole rings is 2. The van der Waals surface area contributed by atoms with Crippen molar-refractivity contribution in [1.82, 2.24) is 24.1 Å². The molecule has 0 aromatic carbocycles. The fourth-order valence-electron chi connectivity index (χ4n) is 1.99. The molecule has 2 N–H and O–H groups in total. The lowest BCUT2D eigenvalue weighted by Crippen LogP contribution is -2.27. The molecule has 7 nitrogen and oxygen atoms in total. The molecule has 21 heavy (non-hydrogen) atoms. The molecule has 0 aliphatic carbocycles. The van der Waals surface area contributed by atoms with E-state index in [2.05, 4.69) is 19.7 Å². The molecule has 9 heteroatoms. The summed E-state index contributed by atoms with van der Waals surface area (Å²) in [5.41, 5.74) is 1.33. The Morgan fingerprint density at radius 3 is 3.00 bits per heavy atom. The molecular formula is C12H12ClN5O2S. The van der Waals surface area contributed by atoms with Crippen molar-refractivity contribution in [3.05, 3.63) is 47.8 Å². The lowest BCUT2D eigenvalue weighted by Gasteiger charge is -2.06. The van der Waals surface area contributed by atoms with Crippen LogP contribution in [0.15, 0.2) is 41.9 Å². The van der Waals surface area contributed by atoms with Gasteiger partial charge in [0, 0.05) is 31.1 Å². The number of hydrogen-bond donors (Lipinski definition) is 2. The molecular weight excluding hydrogens is 314 g/mol. The van der Waals surface area contributed by atoms with Gasteiger partial charge in [-0.25, -0.2) is 23.1 Å². The van der Waals surface area contributed by atoms with Crippen LogP contribution in [0.25, 0.3) is 5.65 Å². The van der Waals surface area contributed by atoms with Gasteiger partial charge < -0.3 is 4.98 Å². The van der Waals surface area contributed by atoms with Crippen molar-refractivity contribution in [1.29, 1.82) is 0 Å². The van der Waals surface area contributed by atoms with Crippen LogP contribution in [0.5, 0.6) is 0 Å². The van der Waals surface area contributed by atoms with Crippen molar-refractivity contribution >= 4 is 27.3 Å². The number of pyridine rings is 1. The van der Waals surface area contributed by atoms with Crippen LogP contribution in [-0.4, -0.2) is 34.3 Å². The molecule has 0 radical (unpaired) electrons. The van der Waals surface area contributed by atoms with E-state index < -0.39 is 10.0 Å². The number of fused-ring (bicyclic) bond motifs is 1. The van der Waals surface area contributed by atoms with Crippen LogP contribution in [-0.2, 0) is 16.4 Å². The Morgan fingerprint density at radius 2 is 2.24 bits per heavy atom. The van der Waals surface area contributed by atoms with Gasteiger partial charge in [0.2, 0.25) is 0 Å². The summed E-state index contributed by atoms with van der Waals surface area (Å²) in [7, 11) is -3.74. The predicted molar refractivity (Wildman–Crippen MR) is 77.7 cm³/mol. The Kier molecular flexibility index (Phi) is 3.66. The van der Waals surface area contributed by atoms with Gasteiger partial charge in [-0.2, -0.15) is 0 Å². The van der Waals surface area contributed by atoms with Crippen LogP contribution < -0.4 is 4.72 Å². The predicted octanol–water partition coefficient (Wildman–Crippen LogP) is 1.23. The summed E-state index contributed by atoms with van der Waals surface area (Å²) in [5, 5.41) is -0.0976. The molecule has 0 aliphatic heterocycles. The number of aromatic amines is 1. The highest BCUT2D eigenvalue weighted by Gasteiger charge is 2.23. The van der Waals surface area contributed by atoms with E-state index in [1.165, 1.54) is 4.40 Å². The zero-order valence-electron chi connectivity index (χ0n) is 10.8. The summed E-state index contributed by atoms with van der Waals surface area (Å²) in [5.74, 6) is 0. The quantitative estimate of drug-likeness (QED) is 0.738. The molecule has 0 spiro atoms. The summed E-state index contributed by atoms with van der Waals surface area (Å²) in [4.78, 5) is 10.8. The number of halogens is 1. The van der Waals surface area contributed by atoms with E-state index in [1.807, 2.05) is 0 Å². The van der Waals surface area contributed by atoms with Gasteiger partial charge in [0.1, 0.15) is 5.65 Å². The van der Waals surface area contributed by atoms with Gasteiger partial charge in [-0.15, -0.1) is 0 Å². The maximum Gasteiger partial charge on any atom is 0.259 e. The summed E-state index contributed by atoms with van der Waals surface area (Å²) in [6.07, 6.45) is 5.31. The number of sulfonamides is 1. The average molecular weight is 326 g/mol. The van der Waals surface area contributed by atoms with Gasteiger partial charge >= 0.3 is 0 Å². The molecule has 0 atom stereocenters. The van der Waals surface area contributed by atoms with Gasteiger partial charge in [-0.1, -0.05) is 17.7 Å². The molecule has 3 aromatic heterocycles. The van der Waals surface area contributed by atoms with Crippen molar-refractivity contribution in [2.75, 3.05) is 6.54 Å². The summed E-state index contributed by atoms with van der Waals surface area (Å²) >= 11 is 5.96. The summed E-state index contributed by atoms with van der Waals surface area (Å²) in [6, 6.07) is 5.17. The molecule has 0 bridgehead atoms. The van der Waals surface area contributed by atoms with Crippen LogP contribution in [0.2, 0.25) is 5.15 Å². The molecule has 3 heterocycles. The Labute approximate surface area is 126 Å². The second-order valence-corrected chi connectivity index (χ2v) is 6.40. The number of rotatable bonds is 5. The lowest BCUT2D eigenvalue weighted by molar-refractivity contribution is 0.576. The fraction of sp³-hybridized carbons (Fsp3) is 0.167. The van der Waals surface area contributed by atoms with Crippen LogP contribution in [0, 0.1) is 0 Å². The van der Waals surface area contributed by atoms with Gasteiger partial charge in [0.15, 0.2) is 10.2 Å². The van der Waals surface area contributed by atoms with Crippen molar-refractivity contribution in [2.45, 2.75) is 11.4 Å². The van der Waals surface area contributed by atoms with Crippen molar-refractivity contribution in [3.8, 4) is 0 Å². The zero-order valence-corrected chi connectivity index (χ0v) is 12.4. The van der Waals surface area contributed by atoms with E-state index in [0.717, 1.165) is 5.69 Å². The second-order valence-electron chi connectivity index (χ2n) is 4.36. The number of nitrogens with zero attached hydrogens (tertiary/aromatic N) is 3. The molecule has 0 aliphatic rings. The monoisotopic (exact) mass is 325 g/mol. The molecule has 0 saturated heterocycles. The third kappa shape index (κ3) is 2.78. The van der Waals surface area contributed by atoms with Crippen LogP contribution in [0.4, 0.5) is 0 Å². The van der Waals surface area contributed by atoms with Gasteiger partial charge in [-0.05, 0) is 12.1 Å². The van der Waals surface area contributed by atoms with E-state index in [9.17, 15) is 8.42 Å². The second kappa shape index (κ2) is 5.47. The third-order valence-corrected chi connectivity index (χ3v) is 4.80. The van der Waals surface area contributed by atoms with Crippen molar-refractivity contribution in [2.24, 2.45) is 0 Å². The van der Waals surface area contributed by atoms with Crippen LogP contribution in [0.3, 0.4) is 0 Å². The Morgan fingerprint density at radius 1 is 1.38 bits per heavy atom. The first-order valence-electron chi connectivity index (χ1n) is 6.17. The number of H-pyrrole nitrogens is 1. The van der Waals surface area contributed by atoms with Gasteiger partial charge in [0.05, 0.1) is 6.33 Å². The number of nitrogens with one attached hydrogen (secondary N) is 2. The van der Waals surface area contributed by atoms with Crippen molar-refractivity contribution in [3.63, 3.8) is 0 Å². The Balaban J connectivity index is 1.84. The maximum absolute atomic E-state index is 12.4. The van der Waals surface area contributed by atoms with Crippen molar-refractivity contribution < 1.29 is 8.42 Å². The van der Waals surface area contributed by atoms with E-state index >= 15 is 0 Å². The Hall–Kier alpha value is -1.90. The first kappa shape index (κ1) is 14.1. The summed E-state index contributed by atoms with van der Waals surface area (Å²) < 4.78 is 28.7. The zero-order chi connectivity index (χ0) is 14.9. The highest BCUT2D eigenvalue weighted by molar-refractivity contribution is 7.89. The lowest BCUT2D eigenvalue weighted by atomic mass is 10.3. The molecule has 110 valence electrons. The van der Waals surface area contributed by atoms with E-state index in [0.29, 0.717) is 12.1 Å². The molecule has 0 unspecified atom stereocenters. The minimum Gasteiger partial charge on any atom is -0.348 e. The van der Waals surface area contributed by atoms with Gasteiger partial charge in [0.25, 0.3) is 10.0 Å². The highest BCUT2D eigenvalue weighted by atomic mass is 35.5. The smallest absolute Gasteiger partial charge is 0.259 e. The maximum atomic E-state index is 12.4. The molecule has 0 saturated carbocycles. The SMILES string of the molecule is O=S(=O)(NCCc1cnc[nH]1)c1c(Cl)nc2ccccn12. The van der Waals surface area contributed by atoms with Gasteiger partial charge in [-0.3, -0.25) is 4.40 Å². The molecule has 3 rings (SSSR count). The molecule has 0 fully saturated rings. The first-order valence-corrected chi connectivity index (χ1v) is 8.03. The largest absolute Gasteiger partial charge is 0.348 e. The standard InChI is InChI=1S/C12H12ClN5O2S/c13-11-12(18-6-2-1-3-10(18)17-11)21(19,20)16-5-4-9-7-14-8-15-9/h1-3,6-8,16H,4-5H2,(H,14,15). The van der Waals surface area contributed by atoms with Crippen LogP contribution >= 0.6 is 11.6 Å². The average Bonchev–Trinajstić information content (AvgIpc) is 3.04. The fourth-order valence-corrected chi connectivity index (χ4v) is 3.67. The molecule has 0 amide bonds. The Bertz CT molecular complexity index is 857. The summed E-state index contributed by atoms with van der Waals surface area (Å²) in [6.45, 7) is 0.237. The topological polar surface area (TPSA) is 92.1 Å². The normalized spacial score (nSPS) is 12.0. The minimum absolute atomic E-state index is 0.0461. The van der Waals surface area contributed by atoms with Crippen LogP contribution in [0.1, 0.15) is 5.69 Å². The van der Waals surface area contributed by atoms with E-state index in [4.69, 9.17) is 11.6 Å².